The summed E-state index contributed by atoms with van der Waals surface area (Å²) in [6, 6.07) is 10.1. The molecule has 0 aliphatic heterocycles. The van der Waals surface area contributed by atoms with Crippen LogP contribution in [0.1, 0.15) is 50.2 Å². The molecular formula is C21H27N3O3. The second-order valence-corrected chi connectivity index (χ2v) is 7.37. The highest BCUT2D eigenvalue weighted by molar-refractivity contribution is 5.73. The molecule has 2 rings (SSSR count). The van der Waals surface area contributed by atoms with Crippen LogP contribution in [0.25, 0.3) is 0 Å². The summed E-state index contributed by atoms with van der Waals surface area (Å²) in [7, 11) is 1.63. The van der Waals surface area contributed by atoms with E-state index in [1.54, 1.807) is 7.11 Å². The normalized spacial score (nSPS) is 11.3. The molecule has 144 valence electrons. The maximum atomic E-state index is 12.2. The van der Waals surface area contributed by atoms with Crippen LogP contribution >= 0.6 is 0 Å². The topological polar surface area (TPSA) is 77.1 Å². The van der Waals surface area contributed by atoms with Crippen LogP contribution in [0.3, 0.4) is 0 Å². The summed E-state index contributed by atoms with van der Waals surface area (Å²) in [5, 5.41) is 14.3. The summed E-state index contributed by atoms with van der Waals surface area (Å²) in [5.74, 6) is 0.452. The lowest BCUT2D eigenvalue weighted by molar-refractivity contribution is -0.146. The Balaban J connectivity index is 2.39. The van der Waals surface area contributed by atoms with Gasteiger partial charge >= 0.3 is 5.97 Å². The highest BCUT2D eigenvalue weighted by Gasteiger charge is 2.30. The Kier molecular flexibility index (Phi) is 6.27. The second-order valence-electron chi connectivity index (χ2n) is 7.37. The van der Waals surface area contributed by atoms with E-state index in [0.717, 1.165) is 22.6 Å². The zero-order valence-electron chi connectivity index (χ0n) is 16.9. The van der Waals surface area contributed by atoms with Crippen LogP contribution in [-0.4, -0.2) is 29.0 Å². The fraction of sp³-hybridized carbons (Fsp3) is 0.476. The summed E-state index contributed by atoms with van der Waals surface area (Å²) < 4.78 is 12.3. The van der Waals surface area contributed by atoms with E-state index in [1.807, 2.05) is 63.6 Å². The van der Waals surface area contributed by atoms with E-state index in [-0.39, 0.29) is 18.5 Å². The number of aromatic nitrogens is 2. The molecule has 2 aromatic rings. The highest BCUT2D eigenvalue weighted by Crippen LogP contribution is 2.30. The number of hydrogen-bond donors (Lipinski definition) is 0. The number of carbonyl (C=O) groups is 1. The lowest BCUT2D eigenvalue weighted by Crippen LogP contribution is -2.20. The van der Waals surface area contributed by atoms with Crippen molar-refractivity contribution < 1.29 is 14.3 Å². The summed E-state index contributed by atoms with van der Waals surface area (Å²) in [6.45, 7) is 9.78. The molecule has 6 heteroatoms. The van der Waals surface area contributed by atoms with Crippen molar-refractivity contribution in [2.75, 3.05) is 7.11 Å². The first-order valence-electron chi connectivity index (χ1n) is 8.98. The minimum Gasteiger partial charge on any atom is -0.497 e. The number of benzene rings is 1. The van der Waals surface area contributed by atoms with Crippen LogP contribution in [0, 0.1) is 18.3 Å². The largest absolute Gasteiger partial charge is 0.497 e. The number of rotatable bonds is 7. The molecule has 0 radical (unpaired) electrons. The predicted octanol–water partition coefficient (Wildman–Crippen LogP) is 3.54. The Bertz CT molecular complexity index is 843. The van der Waals surface area contributed by atoms with E-state index in [9.17, 15) is 10.1 Å². The van der Waals surface area contributed by atoms with Crippen molar-refractivity contribution in [3.05, 3.63) is 46.8 Å². The molecule has 0 saturated carbocycles. The van der Waals surface area contributed by atoms with Gasteiger partial charge in [0.05, 0.1) is 43.4 Å². The van der Waals surface area contributed by atoms with Crippen molar-refractivity contribution in [2.24, 2.45) is 0 Å². The number of nitrogens with zero attached hydrogens (tertiary/aromatic N) is 3. The van der Waals surface area contributed by atoms with Gasteiger partial charge in [0, 0.05) is 11.3 Å². The van der Waals surface area contributed by atoms with Crippen molar-refractivity contribution in [2.45, 2.75) is 59.1 Å². The standard InChI is InChI=1S/C21H27N3O3/c1-14(2)27-19(25)11-18-20(21(4,5)13-22)15(3)24(23-18)12-16-7-9-17(26-6)10-8-16/h7-10,14H,11-12H2,1-6H3. The molecule has 1 aromatic carbocycles. The van der Waals surface area contributed by atoms with Gasteiger partial charge in [-0.15, -0.1) is 0 Å². The van der Waals surface area contributed by atoms with E-state index in [4.69, 9.17) is 9.47 Å². The first-order valence-corrected chi connectivity index (χ1v) is 8.98. The number of carbonyl (C=O) groups excluding carboxylic acids is 1. The minimum absolute atomic E-state index is 0.0507. The molecule has 0 spiro atoms. The van der Waals surface area contributed by atoms with Crippen molar-refractivity contribution in [3.8, 4) is 11.8 Å². The summed E-state index contributed by atoms with van der Waals surface area (Å²) in [5.41, 5.74) is 2.57. The molecular weight excluding hydrogens is 342 g/mol. The Hall–Kier alpha value is -2.81. The number of esters is 1. The highest BCUT2D eigenvalue weighted by atomic mass is 16.5. The Morgan fingerprint density at radius 1 is 1.30 bits per heavy atom. The third kappa shape index (κ3) is 4.88. The molecule has 0 bridgehead atoms. The summed E-state index contributed by atoms with van der Waals surface area (Å²) in [4.78, 5) is 12.2. The smallest absolute Gasteiger partial charge is 0.312 e. The first-order chi connectivity index (χ1) is 12.7. The number of methoxy groups -OCH3 is 1. The van der Waals surface area contributed by atoms with Gasteiger partial charge in [-0.1, -0.05) is 12.1 Å². The zero-order valence-corrected chi connectivity index (χ0v) is 16.9. The van der Waals surface area contributed by atoms with E-state index >= 15 is 0 Å². The van der Waals surface area contributed by atoms with Crippen LogP contribution in [0.2, 0.25) is 0 Å². The van der Waals surface area contributed by atoms with Crippen LogP contribution in [0.15, 0.2) is 24.3 Å². The monoisotopic (exact) mass is 369 g/mol. The second kappa shape index (κ2) is 8.26. The Morgan fingerprint density at radius 3 is 2.44 bits per heavy atom. The van der Waals surface area contributed by atoms with Gasteiger partial charge in [0.15, 0.2) is 0 Å². The molecule has 0 fully saturated rings. The molecule has 0 aliphatic carbocycles. The van der Waals surface area contributed by atoms with E-state index in [0.29, 0.717) is 12.2 Å². The van der Waals surface area contributed by atoms with E-state index < -0.39 is 5.41 Å². The lowest BCUT2D eigenvalue weighted by atomic mass is 9.84. The molecule has 0 aliphatic rings. The van der Waals surface area contributed by atoms with Gasteiger partial charge in [0.2, 0.25) is 0 Å². The van der Waals surface area contributed by atoms with Crippen molar-refractivity contribution >= 4 is 5.97 Å². The average Bonchev–Trinajstić information content (AvgIpc) is 2.90. The Labute approximate surface area is 160 Å². The van der Waals surface area contributed by atoms with Crippen LogP contribution in [-0.2, 0) is 27.9 Å². The third-order valence-corrected chi connectivity index (χ3v) is 4.35. The predicted molar refractivity (Wildman–Crippen MR) is 103 cm³/mol. The quantitative estimate of drug-likeness (QED) is 0.698. The summed E-state index contributed by atoms with van der Waals surface area (Å²) in [6.07, 6.45) is -0.137. The average molecular weight is 369 g/mol. The fourth-order valence-corrected chi connectivity index (χ4v) is 3.10. The summed E-state index contributed by atoms with van der Waals surface area (Å²) >= 11 is 0. The minimum atomic E-state index is -0.754. The number of nitriles is 1. The van der Waals surface area contributed by atoms with Gasteiger partial charge in [-0.25, -0.2) is 0 Å². The van der Waals surface area contributed by atoms with Crippen molar-refractivity contribution in [3.63, 3.8) is 0 Å². The van der Waals surface area contributed by atoms with Crippen LogP contribution in [0.4, 0.5) is 0 Å². The Morgan fingerprint density at radius 2 is 1.93 bits per heavy atom. The molecule has 27 heavy (non-hydrogen) atoms. The van der Waals surface area contributed by atoms with Gasteiger partial charge in [-0.3, -0.25) is 9.48 Å². The van der Waals surface area contributed by atoms with Crippen LogP contribution in [0.5, 0.6) is 5.75 Å². The molecule has 0 atom stereocenters. The maximum Gasteiger partial charge on any atom is 0.312 e. The SMILES string of the molecule is COc1ccc(Cn2nc(CC(=O)OC(C)C)c(C(C)(C)C#N)c2C)cc1. The molecule has 0 unspecified atom stereocenters. The number of ether oxygens (including phenoxy) is 2. The molecule has 0 amide bonds. The van der Waals surface area contributed by atoms with E-state index in [1.165, 1.54) is 0 Å². The number of hydrogen-bond acceptors (Lipinski definition) is 5. The van der Waals surface area contributed by atoms with Crippen LogP contribution < -0.4 is 4.74 Å². The van der Waals surface area contributed by atoms with Crippen molar-refractivity contribution in [1.82, 2.24) is 9.78 Å². The maximum absolute atomic E-state index is 12.2. The first kappa shape index (κ1) is 20.5. The molecule has 0 N–H and O–H groups in total. The van der Waals surface area contributed by atoms with Gasteiger partial charge in [-0.2, -0.15) is 10.4 Å². The third-order valence-electron chi connectivity index (χ3n) is 4.35. The van der Waals surface area contributed by atoms with E-state index in [2.05, 4.69) is 11.2 Å². The fourth-order valence-electron chi connectivity index (χ4n) is 3.10. The zero-order chi connectivity index (χ0) is 20.2. The van der Waals surface area contributed by atoms with Gasteiger partial charge in [0.25, 0.3) is 0 Å². The van der Waals surface area contributed by atoms with Gasteiger partial charge < -0.3 is 9.47 Å². The van der Waals surface area contributed by atoms with Gasteiger partial charge in [-0.05, 0) is 52.3 Å². The van der Waals surface area contributed by atoms with Gasteiger partial charge in [0.1, 0.15) is 5.75 Å². The molecule has 0 saturated heterocycles. The molecule has 1 aromatic heterocycles. The molecule has 6 nitrogen and oxygen atoms in total. The lowest BCUT2D eigenvalue weighted by Gasteiger charge is -2.17. The van der Waals surface area contributed by atoms with Crippen molar-refractivity contribution in [1.29, 1.82) is 5.26 Å². The molecule has 1 heterocycles.